The number of hydrogen-bond acceptors (Lipinski definition) is 2. The summed E-state index contributed by atoms with van der Waals surface area (Å²) in [5.74, 6) is 0.431. The topological polar surface area (TPSA) is 26.3 Å². The van der Waals surface area contributed by atoms with Crippen LogP contribution in [0.5, 0.6) is 0 Å². The van der Waals surface area contributed by atoms with Crippen LogP contribution in [0.4, 0.5) is 0 Å². The summed E-state index contributed by atoms with van der Waals surface area (Å²) >= 11 is 0. The Balaban J connectivity index is 2.25. The number of carbonyl (C=O) groups is 1. The molecule has 1 aromatic carbocycles. The van der Waals surface area contributed by atoms with Crippen molar-refractivity contribution in [3.8, 4) is 0 Å². The second-order valence-corrected chi connectivity index (χ2v) is 5.72. The predicted molar refractivity (Wildman–Crippen MR) is 83.7 cm³/mol. The fourth-order valence-corrected chi connectivity index (χ4v) is 2.15. The van der Waals surface area contributed by atoms with E-state index in [0.717, 1.165) is 18.4 Å². The Morgan fingerprint density at radius 3 is 2.60 bits per heavy atom. The number of ether oxygens (including phenoxy) is 1. The number of esters is 1. The molecule has 0 atom stereocenters. The first kappa shape index (κ1) is 16.7. The summed E-state index contributed by atoms with van der Waals surface area (Å²) in [5, 5.41) is 0. The van der Waals surface area contributed by atoms with Gasteiger partial charge in [-0.1, -0.05) is 70.7 Å². The van der Waals surface area contributed by atoms with Crippen LogP contribution in [0.25, 0.3) is 0 Å². The van der Waals surface area contributed by atoms with Crippen molar-refractivity contribution >= 4 is 5.97 Å². The fourth-order valence-electron chi connectivity index (χ4n) is 2.15. The molecule has 2 heteroatoms. The molecule has 1 aromatic rings. The maximum Gasteiger partial charge on any atom is 0.306 e. The molecule has 1 rings (SSSR count). The highest BCUT2D eigenvalue weighted by Gasteiger charge is 2.05. The van der Waals surface area contributed by atoms with Crippen molar-refractivity contribution in [2.24, 2.45) is 0 Å². The molecule has 112 valence electrons. The van der Waals surface area contributed by atoms with Gasteiger partial charge in [-0.25, -0.2) is 0 Å². The molecule has 0 fully saturated rings. The van der Waals surface area contributed by atoms with Crippen molar-refractivity contribution in [2.75, 3.05) is 0 Å². The van der Waals surface area contributed by atoms with Gasteiger partial charge in [-0.05, 0) is 23.5 Å². The quantitative estimate of drug-likeness (QED) is 0.457. The van der Waals surface area contributed by atoms with Crippen LogP contribution in [0.1, 0.15) is 76.3 Å². The maximum absolute atomic E-state index is 11.6. The summed E-state index contributed by atoms with van der Waals surface area (Å²) in [5.41, 5.74) is 2.37. The molecule has 0 bridgehead atoms. The first-order chi connectivity index (χ1) is 9.63. The number of hydrogen-bond donors (Lipinski definition) is 0. The molecule has 0 spiro atoms. The standard InChI is InChI=1S/C18H28O2/c1-4-5-6-7-8-12-18(19)20-14-16-10-9-11-17(13-16)15(2)3/h9-11,13,15H,4-8,12,14H2,1-3H3. The SMILES string of the molecule is CCCCCCCC(=O)OCc1cccc(C(C)C)c1. The number of carbonyl (C=O) groups excluding carboxylic acids is 1. The van der Waals surface area contributed by atoms with Crippen LogP contribution in [0.3, 0.4) is 0 Å². The third-order valence-corrected chi connectivity index (χ3v) is 3.50. The number of rotatable bonds is 9. The molecule has 20 heavy (non-hydrogen) atoms. The zero-order valence-corrected chi connectivity index (χ0v) is 13.2. The Hall–Kier alpha value is -1.31. The van der Waals surface area contributed by atoms with Crippen LogP contribution in [-0.2, 0) is 16.1 Å². The smallest absolute Gasteiger partial charge is 0.306 e. The third kappa shape index (κ3) is 6.74. The van der Waals surface area contributed by atoms with Gasteiger partial charge in [0.15, 0.2) is 0 Å². The Bertz CT molecular complexity index is 396. The van der Waals surface area contributed by atoms with E-state index >= 15 is 0 Å². The predicted octanol–water partition coefficient (Wildman–Crippen LogP) is 5.21. The molecule has 0 saturated carbocycles. The van der Waals surface area contributed by atoms with Gasteiger partial charge in [-0.15, -0.1) is 0 Å². The third-order valence-electron chi connectivity index (χ3n) is 3.50. The van der Waals surface area contributed by atoms with Gasteiger partial charge in [0, 0.05) is 6.42 Å². The van der Waals surface area contributed by atoms with Crippen LogP contribution in [-0.4, -0.2) is 5.97 Å². The van der Waals surface area contributed by atoms with Crippen LogP contribution < -0.4 is 0 Å². The lowest BCUT2D eigenvalue weighted by Crippen LogP contribution is -2.04. The lowest BCUT2D eigenvalue weighted by Gasteiger charge is -2.09. The van der Waals surface area contributed by atoms with Crippen molar-refractivity contribution in [3.63, 3.8) is 0 Å². The molecule has 0 aliphatic heterocycles. The van der Waals surface area contributed by atoms with Crippen LogP contribution in [0.2, 0.25) is 0 Å². The zero-order valence-electron chi connectivity index (χ0n) is 13.2. The minimum atomic E-state index is -0.0727. The van der Waals surface area contributed by atoms with E-state index in [2.05, 4.69) is 32.9 Å². The van der Waals surface area contributed by atoms with E-state index in [9.17, 15) is 4.79 Å². The van der Waals surface area contributed by atoms with Gasteiger partial charge >= 0.3 is 5.97 Å². The van der Waals surface area contributed by atoms with Crippen LogP contribution >= 0.6 is 0 Å². The summed E-state index contributed by atoms with van der Waals surface area (Å²) in [7, 11) is 0. The second-order valence-electron chi connectivity index (χ2n) is 5.72. The molecule has 0 unspecified atom stereocenters. The highest BCUT2D eigenvalue weighted by Crippen LogP contribution is 2.16. The summed E-state index contributed by atoms with van der Waals surface area (Å²) in [6.45, 7) is 6.93. The molecule has 0 aliphatic carbocycles. The van der Waals surface area contributed by atoms with Gasteiger partial charge in [0.05, 0.1) is 0 Å². The highest BCUT2D eigenvalue weighted by molar-refractivity contribution is 5.69. The van der Waals surface area contributed by atoms with Crippen molar-refractivity contribution in [3.05, 3.63) is 35.4 Å². The lowest BCUT2D eigenvalue weighted by molar-refractivity contribution is -0.145. The average molecular weight is 276 g/mol. The van der Waals surface area contributed by atoms with Crippen molar-refractivity contribution in [1.29, 1.82) is 0 Å². The average Bonchev–Trinajstić information content (AvgIpc) is 2.45. The van der Waals surface area contributed by atoms with Crippen LogP contribution in [0, 0.1) is 0 Å². The number of unbranched alkanes of at least 4 members (excludes halogenated alkanes) is 4. The Labute approximate surface area is 123 Å². The van der Waals surface area contributed by atoms with Gasteiger partial charge in [-0.2, -0.15) is 0 Å². The summed E-state index contributed by atoms with van der Waals surface area (Å²) in [4.78, 5) is 11.6. The molecule has 0 radical (unpaired) electrons. The second kappa shape index (κ2) is 9.57. The largest absolute Gasteiger partial charge is 0.461 e. The Morgan fingerprint density at radius 1 is 1.15 bits per heavy atom. The van der Waals surface area contributed by atoms with E-state index in [4.69, 9.17) is 4.74 Å². The molecule has 0 aliphatic rings. The summed E-state index contributed by atoms with van der Waals surface area (Å²) in [6, 6.07) is 8.28. The molecule has 0 heterocycles. The fraction of sp³-hybridized carbons (Fsp3) is 0.611. The minimum absolute atomic E-state index is 0.0727. The molecule has 2 nitrogen and oxygen atoms in total. The van der Waals surface area contributed by atoms with Gasteiger partial charge in [0.2, 0.25) is 0 Å². The first-order valence-electron chi connectivity index (χ1n) is 7.88. The van der Waals surface area contributed by atoms with E-state index in [0.29, 0.717) is 18.9 Å². The molecule has 0 aromatic heterocycles. The van der Waals surface area contributed by atoms with E-state index in [1.807, 2.05) is 12.1 Å². The highest BCUT2D eigenvalue weighted by atomic mass is 16.5. The monoisotopic (exact) mass is 276 g/mol. The van der Waals surface area contributed by atoms with Gasteiger partial charge in [0.25, 0.3) is 0 Å². The molecular formula is C18H28O2. The molecule has 0 amide bonds. The van der Waals surface area contributed by atoms with Crippen molar-refractivity contribution in [1.82, 2.24) is 0 Å². The molecule has 0 saturated heterocycles. The van der Waals surface area contributed by atoms with Crippen molar-refractivity contribution < 1.29 is 9.53 Å². The molecular weight excluding hydrogens is 248 g/mol. The Morgan fingerprint density at radius 2 is 1.90 bits per heavy atom. The summed E-state index contributed by atoms with van der Waals surface area (Å²) < 4.78 is 5.33. The van der Waals surface area contributed by atoms with Crippen molar-refractivity contribution in [2.45, 2.75) is 71.8 Å². The normalized spacial score (nSPS) is 10.8. The lowest BCUT2D eigenvalue weighted by atomic mass is 10.0. The first-order valence-corrected chi connectivity index (χ1v) is 7.88. The van der Waals surface area contributed by atoms with Gasteiger partial charge < -0.3 is 4.74 Å². The van der Waals surface area contributed by atoms with E-state index in [-0.39, 0.29) is 5.97 Å². The van der Waals surface area contributed by atoms with E-state index in [1.165, 1.54) is 24.8 Å². The van der Waals surface area contributed by atoms with Crippen LogP contribution in [0.15, 0.2) is 24.3 Å². The van der Waals surface area contributed by atoms with E-state index < -0.39 is 0 Å². The summed E-state index contributed by atoms with van der Waals surface area (Å²) in [6.07, 6.45) is 6.35. The Kier molecular flexibility index (Phi) is 8.01. The maximum atomic E-state index is 11.6. The van der Waals surface area contributed by atoms with E-state index in [1.54, 1.807) is 0 Å². The van der Waals surface area contributed by atoms with Gasteiger partial charge in [0.1, 0.15) is 6.61 Å². The number of benzene rings is 1. The van der Waals surface area contributed by atoms with Gasteiger partial charge in [-0.3, -0.25) is 4.79 Å². The molecule has 0 N–H and O–H groups in total. The minimum Gasteiger partial charge on any atom is -0.461 e. The zero-order chi connectivity index (χ0) is 14.8.